The first kappa shape index (κ1) is 31.4. The highest BCUT2D eigenvalue weighted by Crippen LogP contribution is 2.49. The minimum Gasteiger partial charge on any atom is -0.458 e. The van der Waals surface area contributed by atoms with Crippen LogP contribution in [0.4, 0.5) is 0 Å². The van der Waals surface area contributed by atoms with Gasteiger partial charge in [0.15, 0.2) is 0 Å². The van der Waals surface area contributed by atoms with Crippen LogP contribution in [0.1, 0.15) is 63.1 Å². The molecule has 0 radical (unpaired) electrons. The van der Waals surface area contributed by atoms with Crippen molar-refractivity contribution in [2.45, 2.75) is 62.3 Å². The van der Waals surface area contributed by atoms with Crippen LogP contribution in [0.5, 0.6) is 0 Å². The molecule has 40 heavy (non-hydrogen) atoms. The van der Waals surface area contributed by atoms with Crippen LogP contribution in [0.3, 0.4) is 0 Å². The molecule has 0 aliphatic rings. The lowest BCUT2D eigenvalue weighted by Gasteiger charge is -2.39. The zero-order chi connectivity index (χ0) is 29.1. The van der Waals surface area contributed by atoms with Crippen LogP contribution in [0.2, 0.25) is 0 Å². The third-order valence-corrected chi connectivity index (χ3v) is 8.49. The number of hydrogen-bond acceptors (Lipinski definition) is 6. The number of hydrogen-bond donors (Lipinski definition) is 3. The number of amides is 1. The number of unbranched alkanes of at least 4 members (excludes halogenated alkanes) is 3. The quantitative estimate of drug-likeness (QED) is 0.0995. The van der Waals surface area contributed by atoms with Crippen LogP contribution in [-0.4, -0.2) is 41.9 Å². The fourth-order valence-corrected chi connectivity index (χ4v) is 6.42. The Morgan fingerprint density at radius 3 is 1.60 bits per heavy atom. The molecule has 0 fully saturated rings. The molecule has 5 N–H and O–H groups in total. The second kappa shape index (κ2) is 14.5. The van der Waals surface area contributed by atoms with E-state index in [-0.39, 0.29) is 5.75 Å². The lowest BCUT2D eigenvalue weighted by atomic mass is 9.84. The van der Waals surface area contributed by atoms with E-state index in [4.69, 9.17) is 16.2 Å². The molecule has 0 heterocycles. The zero-order valence-electron chi connectivity index (χ0n) is 23.9. The summed E-state index contributed by atoms with van der Waals surface area (Å²) in [5.41, 5.74) is 12.3. The molecule has 0 unspecified atom stereocenters. The van der Waals surface area contributed by atoms with Gasteiger partial charge < -0.3 is 16.2 Å². The van der Waals surface area contributed by atoms with E-state index >= 15 is 0 Å². The number of carbonyl (C=O) groups excluding carboxylic acids is 2. The van der Waals surface area contributed by atoms with Crippen molar-refractivity contribution >= 4 is 23.6 Å². The number of ether oxygens (including phenoxy) is 1. The largest absolute Gasteiger partial charge is 0.458 e. The average molecular weight is 562 g/mol. The van der Waals surface area contributed by atoms with Gasteiger partial charge in [0.2, 0.25) is 11.4 Å². The van der Waals surface area contributed by atoms with Crippen molar-refractivity contribution in [1.82, 2.24) is 5.32 Å². The van der Waals surface area contributed by atoms with E-state index in [1.807, 2.05) is 54.6 Å². The average Bonchev–Trinajstić information content (AvgIpc) is 2.94. The second-order valence-electron chi connectivity index (χ2n) is 11.0. The van der Waals surface area contributed by atoms with Crippen molar-refractivity contribution in [3.05, 3.63) is 108 Å². The van der Waals surface area contributed by atoms with Gasteiger partial charge in [0.05, 0.1) is 4.75 Å². The predicted octanol–water partition coefficient (Wildman–Crippen LogP) is 5.39. The SMILES string of the molecule is CC(C)(C)OC(=O)[C@@](CSC(c1ccccc1)(c1ccccc1)c1ccccc1)(NCCCCCCN)C(N)=O. The van der Waals surface area contributed by atoms with E-state index in [1.54, 1.807) is 20.8 Å². The zero-order valence-corrected chi connectivity index (χ0v) is 24.7. The minimum atomic E-state index is -1.73. The van der Waals surface area contributed by atoms with E-state index in [0.717, 1.165) is 42.4 Å². The molecule has 0 saturated carbocycles. The highest BCUT2D eigenvalue weighted by Gasteiger charge is 2.50. The first-order valence-electron chi connectivity index (χ1n) is 13.9. The third kappa shape index (κ3) is 7.74. The van der Waals surface area contributed by atoms with Crippen molar-refractivity contribution in [3.8, 4) is 0 Å². The number of esters is 1. The maximum Gasteiger partial charge on any atom is 0.337 e. The molecule has 0 bridgehead atoms. The molecule has 0 saturated heterocycles. The van der Waals surface area contributed by atoms with Gasteiger partial charge in [0.25, 0.3) is 0 Å². The Kier molecular flexibility index (Phi) is 11.4. The summed E-state index contributed by atoms with van der Waals surface area (Å²) >= 11 is 1.51. The molecule has 1 amide bonds. The summed E-state index contributed by atoms with van der Waals surface area (Å²) < 4.78 is 5.08. The number of nitrogens with one attached hydrogen (secondary N) is 1. The summed E-state index contributed by atoms with van der Waals surface area (Å²) in [4.78, 5) is 27.1. The number of primary amides is 1. The van der Waals surface area contributed by atoms with Gasteiger partial charge in [-0.05, 0) is 63.4 Å². The number of rotatable bonds is 15. The van der Waals surface area contributed by atoms with Crippen molar-refractivity contribution in [2.24, 2.45) is 11.5 Å². The first-order chi connectivity index (χ1) is 19.2. The van der Waals surface area contributed by atoms with E-state index in [2.05, 4.69) is 41.7 Å². The van der Waals surface area contributed by atoms with Gasteiger partial charge in [0, 0.05) is 5.75 Å². The summed E-state index contributed by atoms with van der Waals surface area (Å²) in [5, 5.41) is 3.26. The van der Waals surface area contributed by atoms with Gasteiger partial charge in [-0.1, -0.05) is 104 Å². The Balaban J connectivity index is 2.10. The number of carbonyl (C=O) groups is 2. The monoisotopic (exact) mass is 561 g/mol. The van der Waals surface area contributed by atoms with Gasteiger partial charge >= 0.3 is 5.97 Å². The summed E-state index contributed by atoms with van der Waals surface area (Å²) in [5.74, 6) is -1.34. The number of thioether (sulfide) groups is 1. The summed E-state index contributed by atoms with van der Waals surface area (Å²) in [7, 11) is 0. The highest BCUT2D eigenvalue weighted by atomic mass is 32.2. The molecule has 3 aromatic rings. The molecule has 0 aromatic heterocycles. The Hall–Kier alpha value is -3.13. The molecule has 7 heteroatoms. The molecular formula is C33H43N3O3S. The van der Waals surface area contributed by atoms with Crippen LogP contribution in [-0.2, 0) is 19.1 Å². The van der Waals surface area contributed by atoms with Crippen LogP contribution in [0.25, 0.3) is 0 Å². The lowest BCUT2D eigenvalue weighted by molar-refractivity contribution is -0.164. The fourth-order valence-electron chi connectivity index (χ4n) is 4.72. The van der Waals surface area contributed by atoms with Crippen LogP contribution in [0, 0.1) is 0 Å². The Labute approximate surface area is 243 Å². The highest BCUT2D eigenvalue weighted by molar-refractivity contribution is 8.00. The summed E-state index contributed by atoms with van der Waals surface area (Å²) in [6.45, 7) is 6.46. The van der Waals surface area contributed by atoms with Gasteiger partial charge in [-0.25, -0.2) is 4.79 Å². The number of nitrogens with two attached hydrogens (primary N) is 2. The Bertz CT molecular complexity index is 1100. The van der Waals surface area contributed by atoms with Gasteiger partial charge in [-0.3, -0.25) is 10.1 Å². The van der Waals surface area contributed by atoms with E-state index < -0.39 is 27.8 Å². The van der Waals surface area contributed by atoms with Crippen molar-refractivity contribution < 1.29 is 14.3 Å². The van der Waals surface area contributed by atoms with E-state index in [1.165, 1.54) is 11.8 Å². The maximum atomic E-state index is 13.8. The topological polar surface area (TPSA) is 107 Å². The van der Waals surface area contributed by atoms with Crippen LogP contribution < -0.4 is 16.8 Å². The predicted molar refractivity (Wildman–Crippen MR) is 165 cm³/mol. The van der Waals surface area contributed by atoms with Crippen molar-refractivity contribution in [1.29, 1.82) is 0 Å². The first-order valence-corrected chi connectivity index (χ1v) is 14.9. The molecule has 0 aliphatic heterocycles. The summed E-state index contributed by atoms with van der Waals surface area (Å²) in [6.07, 6.45) is 3.64. The van der Waals surface area contributed by atoms with E-state index in [9.17, 15) is 9.59 Å². The molecular weight excluding hydrogens is 518 g/mol. The minimum absolute atomic E-state index is 0.0682. The molecule has 1 atom stereocenters. The molecule has 3 rings (SSSR count). The molecule has 0 spiro atoms. The number of benzene rings is 3. The Morgan fingerprint density at radius 1 is 0.750 bits per heavy atom. The molecule has 0 aliphatic carbocycles. The van der Waals surface area contributed by atoms with Crippen molar-refractivity contribution in [2.75, 3.05) is 18.8 Å². The summed E-state index contributed by atoms with van der Waals surface area (Å²) in [6, 6.07) is 30.5. The fraction of sp³-hybridized carbons (Fsp3) is 0.394. The maximum absolute atomic E-state index is 13.8. The van der Waals surface area contributed by atoms with Crippen LogP contribution >= 0.6 is 11.8 Å². The lowest BCUT2D eigenvalue weighted by Crippen LogP contribution is -2.65. The van der Waals surface area contributed by atoms with Crippen LogP contribution in [0.15, 0.2) is 91.0 Å². The van der Waals surface area contributed by atoms with Gasteiger partial charge in [0.1, 0.15) is 5.60 Å². The second-order valence-corrected chi connectivity index (χ2v) is 12.2. The van der Waals surface area contributed by atoms with Gasteiger partial charge in [-0.15, -0.1) is 11.8 Å². The Morgan fingerprint density at radius 2 is 1.20 bits per heavy atom. The normalized spacial score (nSPS) is 13.4. The standard InChI is InChI=1S/C33H43N3O3S/c1-31(2,3)39-30(38)32(29(35)37,36-24-16-5-4-15-23-34)25-40-33(26-17-9-6-10-18-26,27-19-11-7-12-20-27)28-21-13-8-14-22-28/h6-14,17-22,36H,4-5,15-16,23-25,34H2,1-3H3,(H2,35,37)/t32-/m0/s1. The van der Waals surface area contributed by atoms with Crippen molar-refractivity contribution in [3.63, 3.8) is 0 Å². The molecule has 6 nitrogen and oxygen atoms in total. The third-order valence-electron chi connectivity index (χ3n) is 6.77. The smallest absolute Gasteiger partial charge is 0.337 e. The molecule has 214 valence electrons. The van der Waals surface area contributed by atoms with E-state index in [0.29, 0.717) is 13.1 Å². The van der Waals surface area contributed by atoms with Gasteiger partial charge in [-0.2, -0.15) is 0 Å². The molecule has 3 aromatic carbocycles.